The number of methoxy groups -OCH3 is 1. The number of aromatic nitrogens is 2. The predicted molar refractivity (Wildman–Crippen MR) is 104 cm³/mol. The third-order valence-electron chi connectivity index (χ3n) is 4.76. The summed E-state index contributed by atoms with van der Waals surface area (Å²) >= 11 is 0. The zero-order valence-corrected chi connectivity index (χ0v) is 16.9. The van der Waals surface area contributed by atoms with Gasteiger partial charge in [0.2, 0.25) is 5.89 Å². The molecule has 0 bridgehead atoms. The number of nitrogens with zero attached hydrogens (tertiary/aromatic N) is 4. The second-order valence-corrected chi connectivity index (χ2v) is 7.36. The number of benzene rings is 1. The first kappa shape index (κ1) is 20.6. The van der Waals surface area contributed by atoms with Crippen LogP contribution >= 0.6 is 0 Å². The van der Waals surface area contributed by atoms with E-state index in [2.05, 4.69) is 19.9 Å². The van der Waals surface area contributed by atoms with Crippen LogP contribution in [0.15, 0.2) is 22.7 Å². The molecule has 154 valence electrons. The lowest BCUT2D eigenvalue weighted by molar-refractivity contribution is 0.0747. The Morgan fingerprint density at radius 3 is 2.71 bits per heavy atom. The molecule has 1 aromatic carbocycles. The van der Waals surface area contributed by atoms with Crippen LogP contribution in [0.2, 0.25) is 0 Å². The van der Waals surface area contributed by atoms with Crippen molar-refractivity contribution in [1.29, 1.82) is 0 Å². The van der Waals surface area contributed by atoms with Crippen molar-refractivity contribution in [3.8, 4) is 11.5 Å². The zero-order chi connectivity index (χ0) is 19.9. The lowest BCUT2D eigenvalue weighted by Gasteiger charge is -2.20. The first-order valence-corrected chi connectivity index (χ1v) is 9.71. The van der Waals surface area contributed by atoms with Crippen molar-refractivity contribution in [3.63, 3.8) is 0 Å². The number of rotatable bonds is 10. The summed E-state index contributed by atoms with van der Waals surface area (Å²) in [6.07, 6.45) is 1.92. The van der Waals surface area contributed by atoms with Gasteiger partial charge in [-0.2, -0.15) is 4.98 Å². The van der Waals surface area contributed by atoms with E-state index in [0.717, 1.165) is 18.7 Å². The van der Waals surface area contributed by atoms with Gasteiger partial charge in [-0.3, -0.25) is 4.90 Å². The molecular formula is C20H30N4O4. The highest BCUT2D eigenvalue weighted by Gasteiger charge is 2.17. The lowest BCUT2D eigenvalue weighted by atomic mass is 10.2. The number of aliphatic hydroxyl groups is 1. The highest BCUT2D eigenvalue weighted by Crippen LogP contribution is 2.28. The molecule has 28 heavy (non-hydrogen) atoms. The topological polar surface area (TPSA) is 84.1 Å². The molecule has 1 fully saturated rings. The smallest absolute Gasteiger partial charge is 0.223 e. The van der Waals surface area contributed by atoms with Gasteiger partial charge in [0.25, 0.3) is 0 Å². The minimum Gasteiger partial charge on any atom is -0.493 e. The molecule has 0 spiro atoms. The number of likely N-dealkylation sites (tertiary alicyclic amines) is 1. The molecule has 0 saturated carbocycles. The minimum atomic E-state index is -0.507. The molecule has 0 amide bonds. The third-order valence-corrected chi connectivity index (χ3v) is 4.76. The van der Waals surface area contributed by atoms with E-state index < -0.39 is 6.10 Å². The fourth-order valence-corrected chi connectivity index (χ4v) is 3.45. The summed E-state index contributed by atoms with van der Waals surface area (Å²) in [6.45, 7) is 6.12. The Morgan fingerprint density at radius 2 is 2.04 bits per heavy atom. The number of ether oxygens (including phenoxy) is 2. The molecule has 8 nitrogen and oxygen atoms in total. The highest BCUT2D eigenvalue weighted by molar-refractivity contribution is 5.43. The normalized spacial score (nSPS) is 15.9. The Kier molecular flexibility index (Phi) is 7.24. The van der Waals surface area contributed by atoms with Crippen LogP contribution in [0.25, 0.3) is 0 Å². The van der Waals surface area contributed by atoms with Gasteiger partial charge in [0.1, 0.15) is 12.7 Å². The zero-order valence-electron chi connectivity index (χ0n) is 16.9. The van der Waals surface area contributed by atoms with Crippen LogP contribution in [0.5, 0.6) is 11.5 Å². The Bertz CT molecular complexity index is 746. The summed E-state index contributed by atoms with van der Waals surface area (Å²) in [5, 5.41) is 14.1. The van der Waals surface area contributed by atoms with Gasteiger partial charge in [-0.15, -0.1) is 0 Å². The van der Waals surface area contributed by atoms with Gasteiger partial charge in [-0.1, -0.05) is 11.2 Å². The molecule has 0 unspecified atom stereocenters. The number of hydrogen-bond acceptors (Lipinski definition) is 8. The van der Waals surface area contributed by atoms with Crippen molar-refractivity contribution in [1.82, 2.24) is 19.9 Å². The standard InChI is InChI=1S/C20H30N4O4/c1-15-21-20(22-28-15)13-23(2)11-16-6-7-18(19(10-16)26-3)27-14-17(25)12-24-8-4-5-9-24/h6-7,10,17,25H,4-5,8-9,11-14H2,1-3H3/t17-/m0/s1. The van der Waals surface area contributed by atoms with Gasteiger partial charge in [0.15, 0.2) is 17.3 Å². The molecule has 8 heteroatoms. The summed E-state index contributed by atoms with van der Waals surface area (Å²) in [5.74, 6) is 2.54. The van der Waals surface area contributed by atoms with Crippen molar-refractivity contribution in [2.75, 3.05) is 40.4 Å². The summed E-state index contributed by atoms with van der Waals surface area (Å²) < 4.78 is 16.3. The van der Waals surface area contributed by atoms with Gasteiger partial charge >= 0.3 is 0 Å². The van der Waals surface area contributed by atoms with E-state index in [4.69, 9.17) is 14.0 Å². The Hall–Kier alpha value is -2.16. The molecule has 2 heterocycles. The maximum Gasteiger partial charge on any atom is 0.223 e. The number of hydrogen-bond donors (Lipinski definition) is 1. The highest BCUT2D eigenvalue weighted by atomic mass is 16.5. The number of aryl methyl sites for hydroxylation is 1. The fraction of sp³-hybridized carbons (Fsp3) is 0.600. The van der Waals surface area contributed by atoms with E-state index in [-0.39, 0.29) is 6.61 Å². The first-order chi connectivity index (χ1) is 13.5. The lowest BCUT2D eigenvalue weighted by Crippen LogP contribution is -2.33. The van der Waals surface area contributed by atoms with Crippen LogP contribution in [-0.4, -0.2) is 71.5 Å². The van der Waals surface area contributed by atoms with E-state index in [1.807, 2.05) is 25.2 Å². The van der Waals surface area contributed by atoms with Gasteiger partial charge < -0.3 is 24.0 Å². The average Bonchev–Trinajstić information content (AvgIpc) is 3.32. The van der Waals surface area contributed by atoms with Gasteiger partial charge in [-0.25, -0.2) is 0 Å². The summed E-state index contributed by atoms with van der Waals surface area (Å²) in [5.41, 5.74) is 1.09. The SMILES string of the molecule is COc1cc(CN(C)Cc2noc(C)n2)ccc1OC[C@@H](O)CN1CCCC1. The van der Waals surface area contributed by atoms with E-state index in [1.54, 1.807) is 14.0 Å². The summed E-state index contributed by atoms with van der Waals surface area (Å²) in [4.78, 5) is 8.60. The van der Waals surface area contributed by atoms with Crippen molar-refractivity contribution in [2.24, 2.45) is 0 Å². The summed E-state index contributed by atoms with van der Waals surface area (Å²) in [6, 6.07) is 5.85. The average molecular weight is 390 g/mol. The van der Waals surface area contributed by atoms with E-state index >= 15 is 0 Å². The molecule has 1 saturated heterocycles. The molecule has 0 aliphatic carbocycles. The van der Waals surface area contributed by atoms with Crippen LogP contribution < -0.4 is 9.47 Å². The van der Waals surface area contributed by atoms with E-state index in [0.29, 0.717) is 42.8 Å². The molecule has 1 aliphatic rings. The van der Waals surface area contributed by atoms with Crippen molar-refractivity contribution < 1.29 is 19.1 Å². The Labute approximate surface area is 166 Å². The quantitative estimate of drug-likeness (QED) is 0.658. The van der Waals surface area contributed by atoms with Gasteiger partial charge in [0, 0.05) is 20.0 Å². The molecule has 1 atom stereocenters. The summed E-state index contributed by atoms with van der Waals surface area (Å²) in [7, 11) is 3.62. The minimum absolute atomic E-state index is 0.253. The van der Waals surface area contributed by atoms with Crippen molar-refractivity contribution in [2.45, 2.75) is 39.0 Å². The second kappa shape index (κ2) is 9.86. The molecule has 2 aromatic rings. The van der Waals surface area contributed by atoms with Crippen LogP contribution in [0, 0.1) is 6.92 Å². The van der Waals surface area contributed by atoms with E-state index in [9.17, 15) is 5.11 Å². The maximum atomic E-state index is 10.2. The molecule has 1 aliphatic heterocycles. The maximum absolute atomic E-state index is 10.2. The Balaban J connectivity index is 1.52. The van der Waals surface area contributed by atoms with E-state index in [1.165, 1.54) is 12.8 Å². The molecule has 3 rings (SSSR count). The predicted octanol–water partition coefficient (Wildman–Crippen LogP) is 1.85. The monoisotopic (exact) mass is 390 g/mol. The number of β-amino-alcohol motifs (C(OH)–C–C–N with tert-alkyl or cyclic N) is 1. The van der Waals surface area contributed by atoms with Crippen LogP contribution in [0.4, 0.5) is 0 Å². The van der Waals surface area contributed by atoms with Gasteiger partial charge in [0.05, 0.1) is 13.7 Å². The second-order valence-electron chi connectivity index (χ2n) is 7.36. The Morgan fingerprint density at radius 1 is 1.25 bits per heavy atom. The molecule has 1 aromatic heterocycles. The first-order valence-electron chi connectivity index (χ1n) is 9.71. The number of aliphatic hydroxyl groups excluding tert-OH is 1. The third kappa shape index (κ3) is 5.92. The van der Waals surface area contributed by atoms with Gasteiger partial charge in [-0.05, 0) is 50.7 Å². The van der Waals surface area contributed by atoms with Crippen LogP contribution in [0.3, 0.4) is 0 Å². The fourth-order valence-electron chi connectivity index (χ4n) is 3.45. The molecule has 0 radical (unpaired) electrons. The van der Waals surface area contributed by atoms with Crippen molar-refractivity contribution in [3.05, 3.63) is 35.5 Å². The largest absolute Gasteiger partial charge is 0.493 e. The molecule has 1 N–H and O–H groups in total. The van der Waals surface area contributed by atoms with Crippen molar-refractivity contribution >= 4 is 0 Å². The van der Waals surface area contributed by atoms with Crippen LogP contribution in [-0.2, 0) is 13.1 Å². The molecular weight excluding hydrogens is 360 g/mol. The van der Waals surface area contributed by atoms with Crippen LogP contribution in [0.1, 0.15) is 30.1 Å².